The molecule has 2 atom stereocenters. The van der Waals surface area contributed by atoms with Gasteiger partial charge in [-0.3, -0.25) is 14.9 Å². The van der Waals surface area contributed by atoms with Crippen molar-refractivity contribution in [2.45, 2.75) is 12.0 Å². The summed E-state index contributed by atoms with van der Waals surface area (Å²) in [6.45, 7) is 0.831. The molecular formula is C19H22ClN3O5. The fraction of sp³-hybridized carbons (Fsp3) is 0.316. The number of amides is 1. The number of rotatable bonds is 6. The molecule has 1 saturated heterocycles. The standard InChI is InChI=1S/C19H21N3O5.ClH/c1-26-18-9-14(7-8-17(18)22(24)25)27-12-19(23)21-10-15(16(20)11-21)13-5-3-2-4-6-13;/h2-9,15-16H,10-12,20H2,1H3;1H/t15-,16+;/m0./s1. The van der Waals surface area contributed by atoms with Crippen LogP contribution in [0, 0.1) is 10.1 Å². The zero-order valence-corrected chi connectivity index (χ0v) is 16.1. The minimum atomic E-state index is -0.539. The van der Waals surface area contributed by atoms with E-state index in [0.29, 0.717) is 18.8 Å². The van der Waals surface area contributed by atoms with Gasteiger partial charge in [-0.15, -0.1) is 12.4 Å². The molecule has 1 heterocycles. The highest BCUT2D eigenvalue weighted by atomic mass is 35.5. The van der Waals surface area contributed by atoms with E-state index in [1.54, 1.807) is 4.90 Å². The van der Waals surface area contributed by atoms with E-state index in [-0.39, 0.29) is 48.3 Å². The fourth-order valence-corrected chi connectivity index (χ4v) is 3.22. The van der Waals surface area contributed by atoms with Crippen molar-refractivity contribution in [3.05, 3.63) is 64.2 Å². The van der Waals surface area contributed by atoms with Gasteiger partial charge in [0.25, 0.3) is 5.91 Å². The maximum Gasteiger partial charge on any atom is 0.311 e. The molecule has 0 spiro atoms. The van der Waals surface area contributed by atoms with E-state index in [1.165, 1.54) is 25.3 Å². The summed E-state index contributed by atoms with van der Waals surface area (Å²) in [6, 6.07) is 13.9. The third kappa shape index (κ3) is 4.71. The summed E-state index contributed by atoms with van der Waals surface area (Å²) >= 11 is 0. The number of nitrogens with zero attached hydrogens (tertiary/aromatic N) is 2. The zero-order valence-electron chi connectivity index (χ0n) is 15.3. The number of halogens is 1. The molecule has 2 aromatic carbocycles. The van der Waals surface area contributed by atoms with E-state index in [9.17, 15) is 14.9 Å². The van der Waals surface area contributed by atoms with Crippen LogP contribution in [0.25, 0.3) is 0 Å². The summed E-state index contributed by atoms with van der Waals surface area (Å²) in [4.78, 5) is 24.5. The number of ether oxygens (including phenoxy) is 2. The van der Waals surface area contributed by atoms with Crippen LogP contribution in [0.3, 0.4) is 0 Å². The number of carbonyl (C=O) groups excluding carboxylic acids is 1. The molecule has 1 aliphatic heterocycles. The first kappa shape index (κ1) is 21.5. The SMILES string of the molecule is COc1cc(OCC(=O)N2C[C@@H](N)[C@H](c3ccccc3)C2)ccc1[N+](=O)[O-].Cl. The normalized spacial score (nSPS) is 18.3. The number of nitro benzene ring substituents is 1. The predicted molar refractivity (Wildman–Crippen MR) is 106 cm³/mol. The van der Waals surface area contributed by atoms with Crippen molar-refractivity contribution >= 4 is 24.0 Å². The molecule has 1 fully saturated rings. The molecule has 3 rings (SSSR count). The Balaban J connectivity index is 0.00000280. The van der Waals surface area contributed by atoms with Crippen LogP contribution in [-0.4, -0.2) is 48.6 Å². The van der Waals surface area contributed by atoms with Crippen molar-refractivity contribution in [2.75, 3.05) is 26.8 Å². The molecule has 9 heteroatoms. The van der Waals surface area contributed by atoms with Gasteiger partial charge in [-0.05, 0) is 11.6 Å². The summed E-state index contributed by atoms with van der Waals surface area (Å²) in [5.41, 5.74) is 7.17. The van der Waals surface area contributed by atoms with Crippen molar-refractivity contribution in [1.82, 2.24) is 4.90 Å². The molecule has 1 amide bonds. The van der Waals surface area contributed by atoms with Gasteiger partial charge in [0.2, 0.25) is 5.75 Å². The lowest BCUT2D eigenvalue weighted by molar-refractivity contribution is -0.385. The molecule has 0 aromatic heterocycles. The number of nitrogens with two attached hydrogens (primary N) is 1. The Kier molecular flexibility index (Phi) is 7.19. The molecule has 28 heavy (non-hydrogen) atoms. The number of methoxy groups -OCH3 is 1. The molecular weight excluding hydrogens is 386 g/mol. The summed E-state index contributed by atoms with van der Waals surface area (Å²) in [5.74, 6) is 0.321. The van der Waals surface area contributed by atoms with Crippen LogP contribution < -0.4 is 15.2 Å². The highest BCUT2D eigenvalue weighted by Crippen LogP contribution is 2.31. The van der Waals surface area contributed by atoms with E-state index in [2.05, 4.69) is 0 Å². The lowest BCUT2D eigenvalue weighted by Crippen LogP contribution is -2.35. The number of hydrogen-bond donors (Lipinski definition) is 1. The Morgan fingerprint density at radius 1 is 1.25 bits per heavy atom. The van der Waals surface area contributed by atoms with Crippen LogP contribution in [0.15, 0.2) is 48.5 Å². The minimum absolute atomic E-state index is 0. The first-order valence-corrected chi connectivity index (χ1v) is 8.53. The van der Waals surface area contributed by atoms with Crippen LogP contribution in [0.1, 0.15) is 11.5 Å². The molecule has 0 radical (unpaired) electrons. The third-order valence-electron chi connectivity index (χ3n) is 4.66. The van der Waals surface area contributed by atoms with E-state index in [0.717, 1.165) is 5.56 Å². The maximum absolute atomic E-state index is 12.5. The second kappa shape index (κ2) is 9.38. The Bertz CT molecular complexity index is 834. The van der Waals surface area contributed by atoms with Gasteiger partial charge >= 0.3 is 5.69 Å². The lowest BCUT2D eigenvalue weighted by Gasteiger charge is -2.17. The lowest BCUT2D eigenvalue weighted by atomic mass is 9.95. The van der Waals surface area contributed by atoms with Gasteiger partial charge in [0.15, 0.2) is 6.61 Å². The molecule has 0 unspecified atom stereocenters. The topological polar surface area (TPSA) is 108 Å². The summed E-state index contributed by atoms with van der Waals surface area (Å²) < 4.78 is 10.5. The van der Waals surface area contributed by atoms with Crippen LogP contribution in [-0.2, 0) is 4.79 Å². The summed E-state index contributed by atoms with van der Waals surface area (Å²) in [6.07, 6.45) is 0. The Labute approximate surface area is 168 Å². The summed E-state index contributed by atoms with van der Waals surface area (Å²) in [5, 5.41) is 10.9. The molecule has 0 aliphatic carbocycles. The highest BCUT2D eigenvalue weighted by Gasteiger charge is 2.33. The van der Waals surface area contributed by atoms with Crippen LogP contribution in [0.4, 0.5) is 5.69 Å². The average Bonchev–Trinajstić information content (AvgIpc) is 3.08. The van der Waals surface area contributed by atoms with Gasteiger partial charge in [-0.25, -0.2) is 0 Å². The van der Waals surface area contributed by atoms with E-state index in [4.69, 9.17) is 15.2 Å². The molecule has 0 saturated carbocycles. The van der Waals surface area contributed by atoms with Crippen molar-refractivity contribution in [3.8, 4) is 11.5 Å². The average molecular weight is 408 g/mol. The number of hydrogen-bond acceptors (Lipinski definition) is 6. The Hall–Kier alpha value is -2.84. The molecule has 1 aliphatic rings. The number of benzene rings is 2. The quantitative estimate of drug-likeness (QED) is 0.581. The first-order valence-electron chi connectivity index (χ1n) is 8.53. The van der Waals surface area contributed by atoms with Crippen molar-refractivity contribution < 1.29 is 19.2 Å². The number of nitro groups is 1. The fourth-order valence-electron chi connectivity index (χ4n) is 3.22. The van der Waals surface area contributed by atoms with Crippen LogP contribution in [0.2, 0.25) is 0 Å². The van der Waals surface area contributed by atoms with E-state index in [1.807, 2.05) is 30.3 Å². The van der Waals surface area contributed by atoms with E-state index >= 15 is 0 Å². The maximum atomic E-state index is 12.5. The second-order valence-corrected chi connectivity index (χ2v) is 6.36. The molecule has 2 aromatic rings. The molecule has 0 bridgehead atoms. The number of carbonyl (C=O) groups is 1. The second-order valence-electron chi connectivity index (χ2n) is 6.36. The van der Waals surface area contributed by atoms with Gasteiger partial charge in [0.1, 0.15) is 5.75 Å². The molecule has 2 N–H and O–H groups in total. The van der Waals surface area contributed by atoms with Crippen molar-refractivity contribution in [1.29, 1.82) is 0 Å². The van der Waals surface area contributed by atoms with Gasteiger partial charge in [-0.2, -0.15) is 0 Å². The van der Waals surface area contributed by atoms with Gasteiger partial charge < -0.3 is 20.1 Å². The van der Waals surface area contributed by atoms with Crippen LogP contribution >= 0.6 is 12.4 Å². The molecule has 8 nitrogen and oxygen atoms in total. The molecule has 150 valence electrons. The van der Waals surface area contributed by atoms with Gasteiger partial charge in [-0.1, -0.05) is 30.3 Å². The Morgan fingerprint density at radius 2 is 1.96 bits per heavy atom. The van der Waals surface area contributed by atoms with Crippen molar-refractivity contribution in [2.24, 2.45) is 5.73 Å². The summed E-state index contributed by atoms with van der Waals surface area (Å²) in [7, 11) is 1.34. The largest absolute Gasteiger partial charge is 0.490 e. The highest BCUT2D eigenvalue weighted by molar-refractivity contribution is 5.85. The van der Waals surface area contributed by atoms with Gasteiger partial charge in [0, 0.05) is 37.2 Å². The first-order chi connectivity index (χ1) is 13.0. The van der Waals surface area contributed by atoms with Gasteiger partial charge in [0.05, 0.1) is 12.0 Å². The van der Waals surface area contributed by atoms with E-state index < -0.39 is 4.92 Å². The Morgan fingerprint density at radius 3 is 2.61 bits per heavy atom. The predicted octanol–water partition coefficient (Wildman–Crippen LogP) is 2.36. The monoisotopic (exact) mass is 407 g/mol. The zero-order chi connectivity index (χ0) is 19.4. The van der Waals surface area contributed by atoms with Crippen molar-refractivity contribution in [3.63, 3.8) is 0 Å². The minimum Gasteiger partial charge on any atom is -0.490 e. The smallest absolute Gasteiger partial charge is 0.311 e. The number of likely N-dealkylation sites (tertiary alicyclic amines) is 1. The third-order valence-corrected chi connectivity index (χ3v) is 4.66. The van der Waals surface area contributed by atoms with Crippen LogP contribution in [0.5, 0.6) is 11.5 Å².